The van der Waals surface area contributed by atoms with Gasteiger partial charge in [0.25, 0.3) is 5.91 Å². The molecule has 1 aromatic rings. The van der Waals surface area contributed by atoms with Gasteiger partial charge in [0.15, 0.2) is 0 Å². The zero-order chi connectivity index (χ0) is 15.8. The summed E-state index contributed by atoms with van der Waals surface area (Å²) in [5.41, 5.74) is 0.486. The maximum atomic E-state index is 12.2. The molecule has 0 aromatic heterocycles. The zero-order valence-electron chi connectivity index (χ0n) is 13.0. The molecule has 5 heteroatoms. The summed E-state index contributed by atoms with van der Waals surface area (Å²) in [7, 11) is 0. The van der Waals surface area contributed by atoms with Crippen LogP contribution >= 0.6 is 24.2 Å². The summed E-state index contributed by atoms with van der Waals surface area (Å²) >= 11 is 10.3. The van der Waals surface area contributed by atoms with Gasteiger partial charge in [-0.3, -0.25) is 4.79 Å². The van der Waals surface area contributed by atoms with Crippen LogP contribution in [0.1, 0.15) is 44.0 Å². The van der Waals surface area contributed by atoms with Crippen molar-refractivity contribution in [2.45, 2.75) is 44.6 Å². The zero-order valence-corrected chi connectivity index (χ0v) is 14.7. The van der Waals surface area contributed by atoms with Crippen molar-refractivity contribution in [3.63, 3.8) is 0 Å². The third-order valence-electron chi connectivity index (χ3n) is 3.58. The number of hydrogen-bond acceptors (Lipinski definition) is 3. The van der Waals surface area contributed by atoms with E-state index in [4.69, 9.17) is 11.6 Å². The van der Waals surface area contributed by atoms with Crippen molar-refractivity contribution in [2.75, 3.05) is 19.6 Å². The number of rotatable bonds is 8. The number of hydrogen-bond donors (Lipinski definition) is 2. The second kappa shape index (κ2) is 9.34. The van der Waals surface area contributed by atoms with E-state index >= 15 is 0 Å². The Labute approximate surface area is 138 Å². The molecule has 0 radical (unpaired) electrons. The first kappa shape index (κ1) is 18.3. The Morgan fingerprint density at radius 2 is 2.05 bits per heavy atom. The van der Waals surface area contributed by atoms with Crippen molar-refractivity contribution in [3.05, 3.63) is 28.8 Å². The Kier molecular flexibility index (Phi) is 8.15. The second-order valence-electron chi connectivity index (χ2n) is 5.21. The predicted molar refractivity (Wildman–Crippen MR) is 92.7 cm³/mol. The summed E-state index contributed by atoms with van der Waals surface area (Å²) in [6.07, 6.45) is 2.03. The summed E-state index contributed by atoms with van der Waals surface area (Å²) in [6, 6.07) is 5.30. The minimum absolute atomic E-state index is 0.132. The van der Waals surface area contributed by atoms with Crippen LogP contribution < -0.4 is 5.32 Å². The molecule has 1 atom stereocenters. The largest absolute Gasteiger partial charge is 0.350 e. The van der Waals surface area contributed by atoms with Crippen LogP contribution in [-0.4, -0.2) is 36.5 Å². The lowest BCUT2D eigenvalue weighted by atomic mass is 10.1. The molecular weight excluding hydrogens is 304 g/mol. The Hall–Kier alpha value is -0.710. The van der Waals surface area contributed by atoms with Crippen LogP contribution in [0, 0.1) is 0 Å². The minimum atomic E-state index is -0.133. The highest BCUT2D eigenvalue weighted by molar-refractivity contribution is 7.80. The van der Waals surface area contributed by atoms with Gasteiger partial charge in [0.2, 0.25) is 0 Å². The van der Waals surface area contributed by atoms with Gasteiger partial charge < -0.3 is 10.2 Å². The summed E-state index contributed by atoms with van der Waals surface area (Å²) in [5, 5.41) is 3.46. The van der Waals surface area contributed by atoms with E-state index in [1.807, 2.05) is 6.92 Å². The molecule has 1 aromatic carbocycles. The van der Waals surface area contributed by atoms with E-state index in [0.29, 0.717) is 10.6 Å². The second-order valence-corrected chi connectivity index (χ2v) is 6.13. The third-order valence-corrected chi connectivity index (χ3v) is 4.19. The average Bonchev–Trinajstić information content (AvgIpc) is 2.46. The number of nitrogens with one attached hydrogen (secondary N) is 1. The highest BCUT2D eigenvalue weighted by Gasteiger charge is 2.13. The molecule has 0 saturated heterocycles. The molecule has 0 heterocycles. The fraction of sp³-hybridized carbons (Fsp3) is 0.562. The molecule has 0 aliphatic carbocycles. The van der Waals surface area contributed by atoms with Crippen LogP contribution in [0.3, 0.4) is 0 Å². The van der Waals surface area contributed by atoms with Gasteiger partial charge in [0.05, 0.1) is 10.6 Å². The van der Waals surface area contributed by atoms with E-state index in [2.05, 4.69) is 36.7 Å². The lowest BCUT2D eigenvalue weighted by molar-refractivity contribution is 0.0937. The first-order valence-corrected chi connectivity index (χ1v) is 8.32. The Morgan fingerprint density at radius 3 is 2.67 bits per heavy atom. The molecule has 1 amide bonds. The van der Waals surface area contributed by atoms with Gasteiger partial charge >= 0.3 is 0 Å². The van der Waals surface area contributed by atoms with Crippen molar-refractivity contribution >= 4 is 30.1 Å². The lowest BCUT2D eigenvalue weighted by Gasteiger charge is -2.20. The van der Waals surface area contributed by atoms with E-state index in [1.165, 1.54) is 0 Å². The number of benzene rings is 1. The van der Waals surface area contributed by atoms with Crippen LogP contribution in [0.5, 0.6) is 0 Å². The van der Waals surface area contributed by atoms with E-state index in [0.717, 1.165) is 37.4 Å². The Balaban J connectivity index is 2.45. The molecule has 0 fully saturated rings. The smallest absolute Gasteiger partial charge is 0.253 e. The predicted octanol–water partition coefficient (Wildman–Crippen LogP) is 3.87. The number of halogens is 1. The molecule has 1 rings (SSSR count). The van der Waals surface area contributed by atoms with E-state index in [9.17, 15) is 4.79 Å². The molecule has 0 saturated carbocycles. The van der Waals surface area contributed by atoms with E-state index in [1.54, 1.807) is 18.2 Å². The molecule has 3 nitrogen and oxygen atoms in total. The van der Waals surface area contributed by atoms with E-state index < -0.39 is 0 Å². The van der Waals surface area contributed by atoms with Crippen LogP contribution in [-0.2, 0) is 0 Å². The quantitative estimate of drug-likeness (QED) is 0.710. The Morgan fingerprint density at radius 1 is 1.38 bits per heavy atom. The van der Waals surface area contributed by atoms with Crippen LogP contribution in [0.4, 0.5) is 0 Å². The van der Waals surface area contributed by atoms with Crippen LogP contribution in [0.2, 0.25) is 5.02 Å². The number of carbonyl (C=O) groups excluding carboxylic acids is 1. The van der Waals surface area contributed by atoms with Crippen molar-refractivity contribution in [1.29, 1.82) is 0 Å². The highest BCUT2D eigenvalue weighted by atomic mass is 35.5. The van der Waals surface area contributed by atoms with Gasteiger partial charge in [-0.2, -0.15) is 0 Å². The van der Waals surface area contributed by atoms with Gasteiger partial charge in [-0.15, -0.1) is 12.6 Å². The molecule has 21 heavy (non-hydrogen) atoms. The van der Waals surface area contributed by atoms with Crippen molar-refractivity contribution in [1.82, 2.24) is 10.2 Å². The summed E-state index contributed by atoms with van der Waals surface area (Å²) in [5.74, 6) is -0.133. The number of amides is 1. The molecule has 1 N–H and O–H groups in total. The molecule has 0 aliphatic heterocycles. The summed E-state index contributed by atoms with van der Waals surface area (Å²) < 4.78 is 0. The standard InChI is InChI=1S/C16H25ClN2OS/c1-4-19(5-2)10-6-7-12(3)18-16(20)14-11-13(21)8-9-15(14)17/h8-9,11-12,21H,4-7,10H2,1-3H3,(H,18,20). The van der Waals surface area contributed by atoms with Crippen molar-refractivity contribution in [3.8, 4) is 0 Å². The number of carbonyl (C=O) groups is 1. The average molecular weight is 329 g/mol. The first-order valence-electron chi connectivity index (χ1n) is 7.49. The SMILES string of the molecule is CCN(CC)CCCC(C)NC(=O)c1cc(S)ccc1Cl. The number of thiol groups is 1. The molecule has 0 aliphatic rings. The summed E-state index contributed by atoms with van der Waals surface area (Å²) in [4.78, 5) is 15.3. The van der Waals surface area contributed by atoms with Gasteiger partial charge in [-0.05, 0) is 57.6 Å². The molecule has 1 unspecified atom stereocenters. The Bertz CT molecular complexity index is 464. The van der Waals surface area contributed by atoms with Crippen molar-refractivity contribution < 1.29 is 4.79 Å². The minimum Gasteiger partial charge on any atom is -0.350 e. The molecule has 0 spiro atoms. The monoisotopic (exact) mass is 328 g/mol. The number of nitrogens with zero attached hydrogens (tertiary/aromatic N) is 1. The topological polar surface area (TPSA) is 32.3 Å². The third kappa shape index (κ3) is 6.29. The van der Waals surface area contributed by atoms with Gasteiger partial charge in [-0.1, -0.05) is 25.4 Å². The maximum Gasteiger partial charge on any atom is 0.253 e. The van der Waals surface area contributed by atoms with Gasteiger partial charge in [-0.25, -0.2) is 0 Å². The van der Waals surface area contributed by atoms with Crippen molar-refractivity contribution in [2.24, 2.45) is 0 Å². The fourth-order valence-electron chi connectivity index (χ4n) is 2.22. The van der Waals surface area contributed by atoms with Crippen LogP contribution in [0.15, 0.2) is 23.1 Å². The van der Waals surface area contributed by atoms with E-state index in [-0.39, 0.29) is 11.9 Å². The summed E-state index contributed by atoms with van der Waals surface area (Å²) in [6.45, 7) is 9.57. The van der Waals surface area contributed by atoms with Crippen LogP contribution in [0.25, 0.3) is 0 Å². The van der Waals surface area contributed by atoms with Gasteiger partial charge in [0.1, 0.15) is 0 Å². The maximum absolute atomic E-state index is 12.2. The first-order chi connectivity index (χ1) is 9.97. The molecule has 0 bridgehead atoms. The molecular formula is C16H25ClN2OS. The lowest BCUT2D eigenvalue weighted by Crippen LogP contribution is -2.33. The molecule has 118 valence electrons. The normalized spacial score (nSPS) is 12.5. The highest BCUT2D eigenvalue weighted by Crippen LogP contribution is 2.19. The fourth-order valence-corrected chi connectivity index (χ4v) is 2.63. The van der Waals surface area contributed by atoms with Gasteiger partial charge in [0, 0.05) is 10.9 Å².